The van der Waals surface area contributed by atoms with E-state index in [0.717, 1.165) is 11.0 Å². The van der Waals surface area contributed by atoms with Crippen LogP contribution < -0.4 is 10.0 Å². The Balaban J connectivity index is 1.91. The van der Waals surface area contributed by atoms with Gasteiger partial charge in [0.2, 0.25) is 11.0 Å². The van der Waals surface area contributed by atoms with Crippen LogP contribution in [0.4, 0.5) is 5.95 Å². The molecule has 2 N–H and O–H groups in total. The molecule has 0 radical (unpaired) electrons. The normalized spacial score (nSPS) is 11.8. The van der Waals surface area contributed by atoms with Gasteiger partial charge in [-0.25, -0.2) is 18.1 Å². The summed E-state index contributed by atoms with van der Waals surface area (Å²) < 4.78 is 32.4. The Labute approximate surface area is 138 Å². The summed E-state index contributed by atoms with van der Waals surface area (Å²) in [6, 6.07) is 10.0. The molecule has 0 fully saturated rings. The number of rotatable bonds is 5. The third kappa shape index (κ3) is 2.79. The molecule has 24 heavy (non-hydrogen) atoms. The molecule has 2 heterocycles. The lowest BCUT2D eigenvalue weighted by atomic mass is 10.3. The molecule has 8 nitrogen and oxygen atoms in total. The molecule has 9 heteroatoms. The van der Waals surface area contributed by atoms with Gasteiger partial charge in [0.25, 0.3) is 15.9 Å². The Morgan fingerprint density at radius 2 is 2.00 bits per heavy atom. The molecule has 1 aromatic carbocycles. The quantitative estimate of drug-likeness (QED) is 0.731. The Hall–Kier alpha value is -2.65. The second-order valence-electron chi connectivity index (χ2n) is 4.95. The molecule has 0 spiro atoms. The number of fused-ring (bicyclic) bond motifs is 1. The number of para-hydroxylation sites is 2. The van der Waals surface area contributed by atoms with Crippen molar-refractivity contribution in [2.75, 3.05) is 12.4 Å². The number of imidazole rings is 1. The number of carbonyl (C=O) groups excluding carboxylic acids is 1. The maximum Gasteiger partial charge on any atom is 0.293 e. The standard InChI is InChI=1S/C15H16N4O4S/c1-3-19-11-7-5-4-6-10(11)17-15(19)18-14(20)12-8-9-13(23-12)24(21,22)16-2/h4-9,16H,3H2,1-2H3,(H,17,18,20). The van der Waals surface area contributed by atoms with Gasteiger partial charge in [-0.05, 0) is 38.2 Å². The van der Waals surface area contributed by atoms with Crippen LogP contribution in [0, 0.1) is 0 Å². The molecule has 0 unspecified atom stereocenters. The van der Waals surface area contributed by atoms with E-state index >= 15 is 0 Å². The Bertz CT molecular complexity index is 1000. The highest BCUT2D eigenvalue weighted by Gasteiger charge is 2.21. The first kappa shape index (κ1) is 16.2. The van der Waals surface area contributed by atoms with Crippen LogP contribution in [0.25, 0.3) is 11.0 Å². The predicted molar refractivity (Wildman–Crippen MR) is 88.3 cm³/mol. The minimum absolute atomic E-state index is 0.112. The number of aryl methyl sites for hydroxylation is 1. The SMILES string of the molecule is CCn1c(NC(=O)c2ccc(S(=O)(=O)NC)o2)nc2ccccc21. The Morgan fingerprint density at radius 1 is 1.25 bits per heavy atom. The molecule has 3 aromatic rings. The molecule has 3 rings (SSSR count). The van der Waals surface area contributed by atoms with Crippen LogP contribution in [0.2, 0.25) is 0 Å². The molecule has 0 saturated heterocycles. The van der Waals surface area contributed by atoms with Gasteiger partial charge < -0.3 is 8.98 Å². The molecule has 0 aliphatic rings. The molecule has 0 aliphatic heterocycles. The lowest BCUT2D eigenvalue weighted by Crippen LogP contribution is -2.18. The van der Waals surface area contributed by atoms with Crippen molar-refractivity contribution in [2.24, 2.45) is 0 Å². The second-order valence-corrected chi connectivity index (χ2v) is 6.77. The third-order valence-corrected chi connectivity index (χ3v) is 4.82. The first-order valence-corrected chi connectivity index (χ1v) is 8.74. The molecule has 0 saturated carbocycles. The van der Waals surface area contributed by atoms with E-state index in [1.54, 1.807) is 0 Å². The van der Waals surface area contributed by atoms with Crippen molar-refractivity contribution in [2.45, 2.75) is 18.6 Å². The van der Waals surface area contributed by atoms with Crippen LogP contribution in [0.5, 0.6) is 0 Å². The molecule has 0 aliphatic carbocycles. The third-order valence-electron chi connectivity index (χ3n) is 3.53. The van der Waals surface area contributed by atoms with Crippen LogP contribution in [0.1, 0.15) is 17.5 Å². The van der Waals surface area contributed by atoms with Crippen LogP contribution in [-0.4, -0.2) is 30.9 Å². The predicted octanol–water partition coefficient (Wildman–Crippen LogP) is 1.81. The number of sulfonamides is 1. The number of nitrogens with zero attached hydrogens (tertiary/aromatic N) is 2. The molecule has 126 valence electrons. The smallest absolute Gasteiger partial charge is 0.293 e. The number of hydrogen-bond acceptors (Lipinski definition) is 5. The van der Waals surface area contributed by atoms with Gasteiger partial charge >= 0.3 is 0 Å². The largest absolute Gasteiger partial charge is 0.438 e. The summed E-state index contributed by atoms with van der Waals surface area (Å²) in [6.45, 7) is 2.56. The zero-order valence-electron chi connectivity index (χ0n) is 13.1. The van der Waals surface area contributed by atoms with Gasteiger partial charge in [-0.15, -0.1) is 0 Å². The van der Waals surface area contributed by atoms with E-state index in [-0.39, 0.29) is 10.9 Å². The van der Waals surface area contributed by atoms with Crippen LogP contribution in [-0.2, 0) is 16.6 Å². The number of anilines is 1. The average molecular weight is 348 g/mol. The van der Waals surface area contributed by atoms with E-state index in [1.165, 1.54) is 19.2 Å². The first-order valence-electron chi connectivity index (χ1n) is 7.26. The highest BCUT2D eigenvalue weighted by atomic mass is 32.2. The molecule has 1 amide bonds. The van der Waals surface area contributed by atoms with Gasteiger partial charge in [0, 0.05) is 6.54 Å². The lowest BCUT2D eigenvalue weighted by Gasteiger charge is -2.06. The van der Waals surface area contributed by atoms with E-state index in [4.69, 9.17) is 4.42 Å². The number of benzene rings is 1. The summed E-state index contributed by atoms with van der Waals surface area (Å²) in [5, 5.41) is 2.33. The summed E-state index contributed by atoms with van der Waals surface area (Å²) in [5.74, 6) is -0.311. The lowest BCUT2D eigenvalue weighted by molar-refractivity contribution is 0.0990. The molecular weight excluding hydrogens is 332 g/mol. The van der Waals surface area contributed by atoms with Gasteiger partial charge in [-0.2, -0.15) is 0 Å². The topological polar surface area (TPSA) is 106 Å². The maximum absolute atomic E-state index is 12.3. The fourth-order valence-corrected chi connectivity index (χ4v) is 2.99. The van der Waals surface area contributed by atoms with E-state index < -0.39 is 15.9 Å². The molecule has 2 aromatic heterocycles. The van der Waals surface area contributed by atoms with Crippen molar-refractivity contribution in [3.63, 3.8) is 0 Å². The average Bonchev–Trinajstić information content (AvgIpc) is 3.19. The highest BCUT2D eigenvalue weighted by Crippen LogP contribution is 2.20. The van der Waals surface area contributed by atoms with E-state index in [2.05, 4.69) is 15.0 Å². The summed E-state index contributed by atoms with van der Waals surface area (Å²) in [5.41, 5.74) is 1.65. The number of furan rings is 1. The number of nitrogens with one attached hydrogen (secondary N) is 2. The fraction of sp³-hybridized carbons (Fsp3) is 0.200. The number of aromatic nitrogens is 2. The van der Waals surface area contributed by atoms with Crippen molar-refractivity contribution in [1.82, 2.24) is 14.3 Å². The van der Waals surface area contributed by atoms with E-state index in [9.17, 15) is 13.2 Å². The zero-order valence-corrected chi connectivity index (χ0v) is 13.9. The van der Waals surface area contributed by atoms with Gasteiger partial charge in [0.05, 0.1) is 11.0 Å². The Morgan fingerprint density at radius 3 is 2.71 bits per heavy atom. The number of amides is 1. The summed E-state index contributed by atoms with van der Waals surface area (Å²) >= 11 is 0. The van der Waals surface area contributed by atoms with Crippen molar-refractivity contribution in [3.05, 3.63) is 42.2 Å². The van der Waals surface area contributed by atoms with Crippen molar-refractivity contribution < 1.29 is 17.6 Å². The summed E-state index contributed by atoms with van der Waals surface area (Å²) in [6.07, 6.45) is 0. The summed E-state index contributed by atoms with van der Waals surface area (Å²) in [4.78, 5) is 16.7. The van der Waals surface area contributed by atoms with Crippen molar-refractivity contribution in [3.8, 4) is 0 Å². The molecule has 0 bridgehead atoms. The zero-order chi connectivity index (χ0) is 17.3. The fourth-order valence-electron chi connectivity index (χ4n) is 2.34. The van der Waals surface area contributed by atoms with E-state index in [1.807, 2.05) is 35.8 Å². The summed E-state index contributed by atoms with van der Waals surface area (Å²) in [7, 11) is -2.47. The van der Waals surface area contributed by atoms with Crippen LogP contribution in [0.3, 0.4) is 0 Å². The van der Waals surface area contributed by atoms with Gasteiger partial charge in [0.15, 0.2) is 5.76 Å². The van der Waals surface area contributed by atoms with E-state index in [0.29, 0.717) is 12.5 Å². The monoisotopic (exact) mass is 348 g/mol. The first-order chi connectivity index (χ1) is 11.5. The molecule has 0 atom stereocenters. The number of hydrogen-bond donors (Lipinski definition) is 2. The van der Waals surface area contributed by atoms with Gasteiger partial charge in [-0.3, -0.25) is 10.1 Å². The minimum atomic E-state index is -3.73. The Kier molecular flexibility index (Phi) is 4.12. The van der Waals surface area contributed by atoms with Gasteiger partial charge in [-0.1, -0.05) is 12.1 Å². The van der Waals surface area contributed by atoms with Crippen LogP contribution in [0.15, 0.2) is 45.9 Å². The molecular formula is C15H16N4O4S. The number of carbonyl (C=O) groups is 1. The second kappa shape index (κ2) is 6.10. The van der Waals surface area contributed by atoms with Gasteiger partial charge in [0.1, 0.15) is 0 Å². The van der Waals surface area contributed by atoms with Crippen molar-refractivity contribution >= 4 is 32.9 Å². The van der Waals surface area contributed by atoms with Crippen molar-refractivity contribution in [1.29, 1.82) is 0 Å². The van der Waals surface area contributed by atoms with Crippen LogP contribution >= 0.6 is 0 Å². The maximum atomic E-state index is 12.3. The highest BCUT2D eigenvalue weighted by molar-refractivity contribution is 7.89. The minimum Gasteiger partial charge on any atom is -0.438 e.